The molecule has 1 saturated heterocycles. The molecule has 9 heteroatoms. The lowest BCUT2D eigenvalue weighted by molar-refractivity contribution is 0.285. The average molecular weight is 378 g/mol. The molecular formula is C17H22N4O4S. The number of rotatable bonds is 4. The van der Waals surface area contributed by atoms with Crippen LogP contribution in [-0.2, 0) is 10.0 Å². The molecule has 8 nitrogen and oxygen atoms in total. The Hall–Kier alpha value is -2.23. The number of benzene rings is 1. The molecular weight excluding hydrogens is 356 g/mol. The Kier molecular flexibility index (Phi) is 4.87. The molecule has 0 unspecified atom stereocenters. The monoisotopic (exact) mass is 378 g/mol. The van der Waals surface area contributed by atoms with Crippen molar-refractivity contribution in [2.24, 2.45) is 0 Å². The number of hydrogen-bond acceptors (Lipinski definition) is 5. The van der Waals surface area contributed by atoms with Crippen molar-refractivity contribution in [3.8, 4) is 0 Å². The van der Waals surface area contributed by atoms with E-state index >= 15 is 0 Å². The maximum Gasteiger partial charge on any atom is 0.325 e. The minimum absolute atomic E-state index is 0.0118. The second-order valence-corrected chi connectivity index (χ2v) is 8.71. The van der Waals surface area contributed by atoms with Crippen LogP contribution in [-0.4, -0.2) is 60.8 Å². The lowest BCUT2D eigenvalue weighted by atomic mass is 9.93. The van der Waals surface area contributed by atoms with Gasteiger partial charge in [0, 0.05) is 31.2 Å². The molecule has 1 aliphatic heterocycles. The van der Waals surface area contributed by atoms with Gasteiger partial charge >= 0.3 is 5.69 Å². The molecule has 1 aliphatic rings. The molecule has 1 fully saturated rings. The van der Waals surface area contributed by atoms with Gasteiger partial charge in [0.15, 0.2) is 4.90 Å². The first-order valence-electron chi connectivity index (χ1n) is 8.25. The van der Waals surface area contributed by atoms with Gasteiger partial charge in [0.05, 0.1) is 0 Å². The predicted octanol–water partition coefficient (Wildman–Crippen LogP) is 0.0899. The van der Waals surface area contributed by atoms with E-state index in [1.807, 2.05) is 55.2 Å². The topological polar surface area (TPSA) is 106 Å². The van der Waals surface area contributed by atoms with Gasteiger partial charge in [0.25, 0.3) is 5.56 Å². The molecule has 1 aromatic heterocycles. The van der Waals surface area contributed by atoms with Crippen LogP contribution in [0.15, 0.2) is 44.9 Å². The van der Waals surface area contributed by atoms with Gasteiger partial charge in [-0.15, -0.1) is 0 Å². The van der Waals surface area contributed by atoms with Crippen molar-refractivity contribution in [3.63, 3.8) is 0 Å². The van der Waals surface area contributed by atoms with Gasteiger partial charge < -0.3 is 9.88 Å². The number of likely N-dealkylation sites (N-methyl/N-ethyl adjacent to an activating group) is 1. The molecule has 2 aromatic rings. The standard InChI is InChI=1S/C17H22N4O4S/c1-11-4-6-12(7-5-11)13-9-21(10-14(13)20(2)3)26(24,25)15-8-18-17(23)19-16(15)22/h4-8,13-14H,9-10H2,1-3H3,(H2,18,19,22,23)/t13-,14+/m0/s1. The van der Waals surface area contributed by atoms with E-state index in [2.05, 4.69) is 4.98 Å². The fourth-order valence-corrected chi connectivity index (χ4v) is 4.82. The van der Waals surface area contributed by atoms with Crippen LogP contribution in [0, 0.1) is 6.92 Å². The molecule has 0 spiro atoms. The fourth-order valence-electron chi connectivity index (χ4n) is 3.34. The van der Waals surface area contributed by atoms with Crippen LogP contribution in [0.25, 0.3) is 0 Å². The Labute approximate surface area is 151 Å². The quantitative estimate of drug-likeness (QED) is 0.784. The van der Waals surface area contributed by atoms with E-state index in [9.17, 15) is 18.0 Å². The molecule has 2 N–H and O–H groups in total. The Morgan fingerprint density at radius 2 is 1.77 bits per heavy atom. The smallest absolute Gasteiger partial charge is 0.313 e. The second kappa shape index (κ2) is 6.82. The zero-order valence-corrected chi connectivity index (χ0v) is 15.7. The summed E-state index contributed by atoms with van der Waals surface area (Å²) in [5.41, 5.74) is 0.549. The maximum absolute atomic E-state index is 12.9. The lowest BCUT2D eigenvalue weighted by Crippen LogP contribution is -2.38. The molecule has 0 aliphatic carbocycles. The van der Waals surface area contributed by atoms with Gasteiger partial charge in [0.1, 0.15) is 0 Å². The van der Waals surface area contributed by atoms with Gasteiger partial charge in [-0.3, -0.25) is 9.78 Å². The van der Waals surface area contributed by atoms with Crippen LogP contribution in [0.2, 0.25) is 0 Å². The third kappa shape index (κ3) is 3.37. The molecule has 0 bridgehead atoms. The van der Waals surface area contributed by atoms with Crippen molar-refractivity contribution in [3.05, 3.63) is 62.4 Å². The van der Waals surface area contributed by atoms with E-state index in [1.54, 1.807) is 0 Å². The molecule has 3 rings (SSSR count). The number of hydrogen-bond donors (Lipinski definition) is 2. The highest BCUT2D eigenvalue weighted by atomic mass is 32.2. The first-order chi connectivity index (χ1) is 12.2. The summed E-state index contributed by atoms with van der Waals surface area (Å²) >= 11 is 0. The highest BCUT2D eigenvalue weighted by molar-refractivity contribution is 7.89. The molecule has 26 heavy (non-hydrogen) atoms. The molecule has 2 atom stereocenters. The van der Waals surface area contributed by atoms with E-state index in [1.165, 1.54) is 4.31 Å². The zero-order chi connectivity index (χ0) is 19.1. The molecule has 140 valence electrons. The van der Waals surface area contributed by atoms with Gasteiger partial charge in [-0.25, -0.2) is 13.2 Å². The Bertz CT molecular complexity index is 1010. The van der Waals surface area contributed by atoms with Gasteiger partial charge in [-0.05, 0) is 26.6 Å². The largest absolute Gasteiger partial charge is 0.325 e. The summed E-state index contributed by atoms with van der Waals surface area (Å²) in [4.78, 5) is 28.9. The molecule has 0 radical (unpaired) electrons. The van der Waals surface area contributed by atoms with E-state index in [0.29, 0.717) is 0 Å². The van der Waals surface area contributed by atoms with Crippen molar-refractivity contribution in [1.29, 1.82) is 0 Å². The molecule has 2 heterocycles. The average Bonchev–Trinajstić information content (AvgIpc) is 3.01. The third-order valence-electron chi connectivity index (χ3n) is 4.83. The summed E-state index contributed by atoms with van der Waals surface area (Å²) in [6.07, 6.45) is 0.959. The third-order valence-corrected chi connectivity index (χ3v) is 6.66. The van der Waals surface area contributed by atoms with E-state index in [0.717, 1.165) is 17.3 Å². The van der Waals surface area contributed by atoms with Gasteiger partial charge in [-0.2, -0.15) is 4.31 Å². The number of aryl methyl sites for hydroxylation is 1. The lowest BCUT2D eigenvalue weighted by Gasteiger charge is -2.25. The highest BCUT2D eigenvalue weighted by Crippen LogP contribution is 2.33. The second-order valence-electron chi connectivity index (χ2n) is 6.81. The van der Waals surface area contributed by atoms with Gasteiger partial charge in [-0.1, -0.05) is 29.8 Å². The number of nitrogens with zero attached hydrogens (tertiary/aromatic N) is 2. The number of H-pyrrole nitrogens is 2. The van der Waals surface area contributed by atoms with E-state index in [-0.39, 0.29) is 25.0 Å². The van der Waals surface area contributed by atoms with E-state index < -0.39 is 26.2 Å². The van der Waals surface area contributed by atoms with Crippen LogP contribution >= 0.6 is 0 Å². The van der Waals surface area contributed by atoms with Crippen molar-refractivity contribution in [2.45, 2.75) is 23.8 Å². The van der Waals surface area contributed by atoms with Gasteiger partial charge in [0.2, 0.25) is 10.0 Å². The zero-order valence-electron chi connectivity index (χ0n) is 14.9. The van der Waals surface area contributed by atoms with E-state index in [4.69, 9.17) is 0 Å². The minimum Gasteiger partial charge on any atom is -0.313 e. The van der Waals surface area contributed by atoms with Crippen molar-refractivity contribution < 1.29 is 8.42 Å². The Morgan fingerprint density at radius 3 is 2.35 bits per heavy atom. The normalized spacial score (nSPS) is 21.4. The summed E-state index contributed by atoms with van der Waals surface area (Å²) in [6, 6.07) is 8.02. The molecule has 1 aromatic carbocycles. The highest BCUT2D eigenvalue weighted by Gasteiger charge is 2.41. The SMILES string of the molecule is Cc1ccc([C@@H]2CN(S(=O)(=O)c3c[nH]c(=O)[nH]c3=O)C[C@H]2N(C)C)cc1. The Morgan fingerprint density at radius 1 is 1.12 bits per heavy atom. The Balaban J connectivity index is 1.97. The van der Waals surface area contributed by atoms with Crippen molar-refractivity contribution >= 4 is 10.0 Å². The number of nitrogens with one attached hydrogen (secondary N) is 2. The summed E-state index contributed by atoms with van der Waals surface area (Å²) in [6.45, 7) is 2.54. The summed E-state index contributed by atoms with van der Waals surface area (Å²) in [5.74, 6) is -0.0118. The fraction of sp³-hybridized carbons (Fsp3) is 0.412. The van der Waals surface area contributed by atoms with Crippen LogP contribution in [0.4, 0.5) is 0 Å². The van der Waals surface area contributed by atoms with Crippen LogP contribution < -0.4 is 11.2 Å². The first-order valence-corrected chi connectivity index (χ1v) is 9.69. The molecule has 0 saturated carbocycles. The maximum atomic E-state index is 12.9. The van der Waals surface area contributed by atoms with Crippen molar-refractivity contribution in [1.82, 2.24) is 19.2 Å². The predicted molar refractivity (Wildman–Crippen MR) is 97.8 cm³/mol. The first kappa shape index (κ1) is 18.6. The number of aromatic amines is 2. The summed E-state index contributed by atoms with van der Waals surface area (Å²) < 4.78 is 27.2. The number of sulfonamides is 1. The molecule has 0 amide bonds. The number of aromatic nitrogens is 2. The minimum atomic E-state index is -4.01. The van der Waals surface area contributed by atoms with Crippen LogP contribution in [0.3, 0.4) is 0 Å². The summed E-state index contributed by atoms with van der Waals surface area (Å²) in [7, 11) is -0.186. The van der Waals surface area contributed by atoms with Crippen LogP contribution in [0.1, 0.15) is 17.0 Å². The summed E-state index contributed by atoms with van der Waals surface area (Å²) in [5, 5.41) is 0. The van der Waals surface area contributed by atoms with Crippen LogP contribution in [0.5, 0.6) is 0 Å². The van der Waals surface area contributed by atoms with Crippen molar-refractivity contribution in [2.75, 3.05) is 27.2 Å².